The third kappa shape index (κ3) is 7.14. The van der Waals surface area contributed by atoms with Crippen LogP contribution in [0.25, 0.3) is 0 Å². The number of nitrogens with one attached hydrogen (secondary N) is 1. The van der Waals surface area contributed by atoms with Crippen LogP contribution in [0.4, 0.5) is 4.79 Å². The average Bonchev–Trinajstić information content (AvgIpc) is 2.32. The highest BCUT2D eigenvalue weighted by molar-refractivity contribution is 5.74. The van der Waals surface area contributed by atoms with Gasteiger partial charge in [0.05, 0.1) is 0 Å². The van der Waals surface area contributed by atoms with Crippen LogP contribution in [-0.2, 0) is 4.79 Å². The maximum atomic E-state index is 11.8. The molecule has 0 heterocycles. The van der Waals surface area contributed by atoms with Crippen molar-refractivity contribution in [2.75, 3.05) is 13.6 Å². The molecular formula is C13H26N2O3. The standard InChI is InChI=1S/C13H26N2O3/c1-5-6-11(3)15(4)13(18)14-9-10(2)7-8-12(16)17/h10-11H,5-9H2,1-4H3,(H,14,18)(H,16,17). The summed E-state index contributed by atoms with van der Waals surface area (Å²) in [5, 5.41) is 11.4. The first-order valence-corrected chi connectivity index (χ1v) is 6.60. The zero-order valence-electron chi connectivity index (χ0n) is 11.9. The largest absolute Gasteiger partial charge is 0.481 e. The van der Waals surface area contributed by atoms with Crippen LogP contribution in [0.2, 0.25) is 0 Å². The number of carbonyl (C=O) groups is 2. The number of hydrogen-bond donors (Lipinski definition) is 2. The first-order chi connectivity index (χ1) is 8.38. The number of hydrogen-bond acceptors (Lipinski definition) is 2. The topological polar surface area (TPSA) is 69.6 Å². The SMILES string of the molecule is CCCC(C)N(C)C(=O)NCC(C)CCC(=O)O. The summed E-state index contributed by atoms with van der Waals surface area (Å²) in [6.07, 6.45) is 2.77. The fourth-order valence-electron chi connectivity index (χ4n) is 1.67. The molecule has 18 heavy (non-hydrogen) atoms. The summed E-state index contributed by atoms with van der Waals surface area (Å²) in [4.78, 5) is 23.9. The number of urea groups is 1. The van der Waals surface area contributed by atoms with E-state index in [1.165, 1.54) is 0 Å². The molecule has 0 aliphatic heterocycles. The second-order valence-electron chi connectivity index (χ2n) is 4.97. The Balaban J connectivity index is 3.90. The highest BCUT2D eigenvalue weighted by atomic mass is 16.4. The molecule has 106 valence electrons. The molecule has 5 heteroatoms. The van der Waals surface area contributed by atoms with Gasteiger partial charge in [-0.2, -0.15) is 0 Å². The van der Waals surface area contributed by atoms with Crippen LogP contribution in [-0.4, -0.2) is 41.6 Å². The van der Waals surface area contributed by atoms with E-state index < -0.39 is 5.97 Å². The molecule has 0 saturated heterocycles. The van der Waals surface area contributed by atoms with Crippen LogP contribution in [0.5, 0.6) is 0 Å². The van der Waals surface area contributed by atoms with Gasteiger partial charge in [-0.3, -0.25) is 4.79 Å². The second-order valence-corrected chi connectivity index (χ2v) is 4.97. The molecule has 0 bridgehead atoms. The van der Waals surface area contributed by atoms with Crippen molar-refractivity contribution >= 4 is 12.0 Å². The Morgan fingerprint density at radius 1 is 1.28 bits per heavy atom. The predicted octanol–water partition coefficient (Wildman–Crippen LogP) is 2.32. The number of carboxylic acid groups (broad SMARTS) is 1. The van der Waals surface area contributed by atoms with Crippen molar-refractivity contribution in [1.82, 2.24) is 10.2 Å². The first kappa shape index (κ1) is 16.7. The molecule has 5 nitrogen and oxygen atoms in total. The maximum absolute atomic E-state index is 11.8. The van der Waals surface area contributed by atoms with Crippen LogP contribution >= 0.6 is 0 Å². The van der Waals surface area contributed by atoms with E-state index in [1.54, 1.807) is 11.9 Å². The number of aliphatic carboxylic acids is 1. The highest BCUT2D eigenvalue weighted by Crippen LogP contribution is 2.06. The summed E-state index contributed by atoms with van der Waals surface area (Å²) in [5.41, 5.74) is 0. The van der Waals surface area contributed by atoms with Gasteiger partial charge in [0.2, 0.25) is 0 Å². The minimum absolute atomic E-state index is 0.0851. The molecule has 0 aromatic heterocycles. The fourth-order valence-corrected chi connectivity index (χ4v) is 1.67. The molecule has 2 atom stereocenters. The molecule has 0 aliphatic carbocycles. The number of carboxylic acids is 1. The van der Waals surface area contributed by atoms with Crippen molar-refractivity contribution in [2.45, 2.75) is 52.5 Å². The van der Waals surface area contributed by atoms with Gasteiger partial charge in [0.15, 0.2) is 0 Å². The van der Waals surface area contributed by atoms with Crippen molar-refractivity contribution in [3.8, 4) is 0 Å². The molecule has 0 spiro atoms. The highest BCUT2D eigenvalue weighted by Gasteiger charge is 2.15. The molecule has 0 radical (unpaired) electrons. The zero-order valence-corrected chi connectivity index (χ0v) is 11.9. The molecule has 2 unspecified atom stereocenters. The number of carbonyl (C=O) groups excluding carboxylic acids is 1. The summed E-state index contributed by atoms with van der Waals surface area (Å²) in [6.45, 7) is 6.58. The third-order valence-corrected chi connectivity index (χ3v) is 3.14. The Hall–Kier alpha value is -1.26. The van der Waals surface area contributed by atoms with E-state index in [2.05, 4.69) is 12.2 Å². The molecule has 0 saturated carbocycles. The second kappa shape index (κ2) is 8.78. The molecular weight excluding hydrogens is 232 g/mol. The van der Waals surface area contributed by atoms with Crippen molar-refractivity contribution in [2.24, 2.45) is 5.92 Å². The van der Waals surface area contributed by atoms with Crippen molar-refractivity contribution in [3.63, 3.8) is 0 Å². The molecule has 2 amide bonds. The van der Waals surface area contributed by atoms with Gasteiger partial charge in [-0.15, -0.1) is 0 Å². The van der Waals surface area contributed by atoms with Crippen LogP contribution in [0.15, 0.2) is 0 Å². The Kier molecular flexibility index (Phi) is 8.16. The van der Waals surface area contributed by atoms with E-state index in [0.717, 1.165) is 12.8 Å². The lowest BCUT2D eigenvalue weighted by Crippen LogP contribution is -2.43. The zero-order chi connectivity index (χ0) is 14.1. The van der Waals surface area contributed by atoms with Crippen LogP contribution in [0.1, 0.15) is 46.5 Å². The van der Waals surface area contributed by atoms with E-state index in [-0.39, 0.29) is 24.4 Å². The van der Waals surface area contributed by atoms with Crippen molar-refractivity contribution in [1.29, 1.82) is 0 Å². The monoisotopic (exact) mass is 258 g/mol. The summed E-state index contributed by atoms with van der Waals surface area (Å²) in [6, 6.07) is 0.141. The number of amides is 2. The molecule has 0 aliphatic rings. The van der Waals surface area contributed by atoms with Gasteiger partial charge in [0, 0.05) is 26.1 Å². The lowest BCUT2D eigenvalue weighted by molar-refractivity contribution is -0.137. The molecule has 2 N–H and O–H groups in total. The summed E-state index contributed by atoms with van der Waals surface area (Å²) in [5.74, 6) is -0.609. The van der Waals surface area contributed by atoms with E-state index in [4.69, 9.17) is 5.11 Å². The van der Waals surface area contributed by atoms with Gasteiger partial charge in [-0.25, -0.2) is 4.79 Å². The average molecular weight is 258 g/mol. The molecule has 0 fully saturated rings. The van der Waals surface area contributed by atoms with Crippen LogP contribution in [0.3, 0.4) is 0 Å². The van der Waals surface area contributed by atoms with E-state index in [0.29, 0.717) is 13.0 Å². The quantitative estimate of drug-likeness (QED) is 0.702. The lowest BCUT2D eigenvalue weighted by atomic mass is 10.1. The summed E-state index contributed by atoms with van der Waals surface area (Å²) < 4.78 is 0. The minimum atomic E-state index is -0.790. The lowest BCUT2D eigenvalue weighted by Gasteiger charge is -2.25. The predicted molar refractivity (Wildman–Crippen MR) is 71.6 cm³/mol. The van der Waals surface area contributed by atoms with Gasteiger partial charge in [0.25, 0.3) is 0 Å². The summed E-state index contributed by atoms with van der Waals surface area (Å²) >= 11 is 0. The first-order valence-electron chi connectivity index (χ1n) is 6.60. The number of rotatable bonds is 8. The van der Waals surface area contributed by atoms with Gasteiger partial charge in [-0.05, 0) is 25.7 Å². The fraction of sp³-hybridized carbons (Fsp3) is 0.846. The van der Waals surface area contributed by atoms with Crippen molar-refractivity contribution in [3.05, 3.63) is 0 Å². The maximum Gasteiger partial charge on any atom is 0.317 e. The van der Waals surface area contributed by atoms with E-state index in [1.807, 2.05) is 13.8 Å². The van der Waals surface area contributed by atoms with E-state index >= 15 is 0 Å². The molecule has 0 rings (SSSR count). The van der Waals surface area contributed by atoms with Gasteiger partial charge < -0.3 is 15.3 Å². The minimum Gasteiger partial charge on any atom is -0.481 e. The van der Waals surface area contributed by atoms with Gasteiger partial charge in [-0.1, -0.05) is 20.3 Å². The smallest absolute Gasteiger partial charge is 0.317 e. The summed E-state index contributed by atoms with van der Waals surface area (Å²) in [7, 11) is 1.79. The van der Waals surface area contributed by atoms with Crippen molar-refractivity contribution < 1.29 is 14.7 Å². The Morgan fingerprint density at radius 2 is 1.89 bits per heavy atom. The van der Waals surface area contributed by atoms with Crippen LogP contribution < -0.4 is 5.32 Å². The van der Waals surface area contributed by atoms with Gasteiger partial charge >= 0.3 is 12.0 Å². The number of nitrogens with zero attached hydrogens (tertiary/aromatic N) is 1. The Morgan fingerprint density at radius 3 is 2.39 bits per heavy atom. The molecule has 0 aromatic rings. The molecule has 0 aromatic carbocycles. The third-order valence-electron chi connectivity index (χ3n) is 3.14. The van der Waals surface area contributed by atoms with Gasteiger partial charge in [0.1, 0.15) is 0 Å². The Labute approximate surface area is 110 Å². The Bertz CT molecular complexity index is 269. The van der Waals surface area contributed by atoms with Crippen LogP contribution in [0, 0.1) is 5.92 Å². The van der Waals surface area contributed by atoms with E-state index in [9.17, 15) is 9.59 Å². The normalized spacial score (nSPS) is 13.8.